The topological polar surface area (TPSA) is 87.9 Å². The number of halogens is 3. The van der Waals surface area contributed by atoms with Gasteiger partial charge in [-0.3, -0.25) is 9.89 Å². The van der Waals surface area contributed by atoms with Crippen LogP contribution in [0.25, 0.3) is 0 Å². The zero-order valence-corrected chi connectivity index (χ0v) is 13.3. The van der Waals surface area contributed by atoms with E-state index >= 15 is 0 Å². The van der Waals surface area contributed by atoms with E-state index in [1.165, 1.54) is 6.07 Å². The summed E-state index contributed by atoms with van der Waals surface area (Å²) < 4.78 is 38.2. The van der Waals surface area contributed by atoms with E-state index in [0.717, 1.165) is 6.07 Å². The molecular formula is C16H19F3N4O. The highest BCUT2D eigenvalue weighted by atomic mass is 19.4. The minimum absolute atomic E-state index is 0.258. The Morgan fingerprint density at radius 1 is 1.42 bits per heavy atom. The second-order valence-corrected chi connectivity index (χ2v) is 5.65. The fraction of sp³-hybridized carbons (Fsp3) is 0.312. The van der Waals surface area contributed by atoms with Crippen molar-refractivity contribution in [3.8, 4) is 5.75 Å². The number of nitrogens with zero attached hydrogens (tertiary/aromatic N) is 2. The number of likely N-dealkylation sites (N-methyl/N-ethyl adjacent to an activating group) is 1. The minimum Gasteiger partial charge on any atom is -0.508 e. The lowest BCUT2D eigenvalue weighted by molar-refractivity contribution is -0.137. The molecule has 8 heteroatoms. The Hall–Kier alpha value is -2.48. The first kappa shape index (κ1) is 17.9. The van der Waals surface area contributed by atoms with Gasteiger partial charge in [-0.15, -0.1) is 0 Å². The zero-order chi connectivity index (χ0) is 18.1. The molecule has 1 aromatic rings. The summed E-state index contributed by atoms with van der Waals surface area (Å²) in [6.45, 7) is 2.09. The number of phenols is 1. The lowest BCUT2D eigenvalue weighted by atomic mass is 10.1. The molecule has 1 unspecified atom stereocenters. The highest BCUT2D eigenvalue weighted by Gasteiger charge is 2.32. The standard InChI is InChI=1S/C16H19F3N4O/c1-9(20)7-13-12(21)5-6-23(2)15(22-13)11-4-3-10(8-14(11)24)16(17,18)19/h3-5,7-8,15,24H,6,20-21H2,1-2H3/b9-7-. The zero-order valence-electron chi connectivity index (χ0n) is 13.3. The van der Waals surface area contributed by atoms with Crippen LogP contribution in [0.1, 0.15) is 24.2 Å². The van der Waals surface area contributed by atoms with Crippen LogP contribution in [0.15, 0.2) is 46.7 Å². The van der Waals surface area contributed by atoms with Crippen molar-refractivity contribution in [1.82, 2.24) is 4.90 Å². The first-order valence-electron chi connectivity index (χ1n) is 7.17. The van der Waals surface area contributed by atoms with Gasteiger partial charge in [0.2, 0.25) is 0 Å². The van der Waals surface area contributed by atoms with E-state index in [4.69, 9.17) is 11.5 Å². The molecule has 0 fully saturated rings. The quantitative estimate of drug-likeness (QED) is 0.772. The molecule has 0 spiro atoms. The number of phenolic OH excluding ortho intramolecular Hbond substituents is 1. The maximum absolute atomic E-state index is 12.7. The van der Waals surface area contributed by atoms with Crippen LogP contribution in [-0.4, -0.2) is 29.3 Å². The number of hydrogen-bond donors (Lipinski definition) is 3. The molecule has 1 aliphatic heterocycles. The van der Waals surface area contributed by atoms with E-state index in [0.29, 0.717) is 29.7 Å². The summed E-state index contributed by atoms with van der Waals surface area (Å²) in [4.78, 5) is 6.20. The summed E-state index contributed by atoms with van der Waals surface area (Å²) >= 11 is 0. The Bertz CT molecular complexity index is 719. The van der Waals surface area contributed by atoms with Gasteiger partial charge < -0.3 is 16.6 Å². The predicted molar refractivity (Wildman–Crippen MR) is 86.1 cm³/mol. The van der Waals surface area contributed by atoms with Crippen LogP contribution < -0.4 is 11.5 Å². The maximum atomic E-state index is 12.7. The highest BCUT2D eigenvalue weighted by molar-refractivity contribution is 6.08. The Balaban J connectivity index is 2.50. The van der Waals surface area contributed by atoms with Crippen molar-refractivity contribution < 1.29 is 18.3 Å². The molecule has 0 bridgehead atoms. The summed E-state index contributed by atoms with van der Waals surface area (Å²) in [5.74, 6) is -0.473. The fourth-order valence-corrected chi connectivity index (χ4v) is 2.33. The first-order valence-corrected chi connectivity index (χ1v) is 7.17. The van der Waals surface area contributed by atoms with Crippen LogP contribution in [0.5, 0.6) is 5.75 Å². The molecule has 24 heavy (non-hydrogen) atoms. The van der Waals surface area contributed by atoms with Gasteiger partial charge in [-0.05, 0) is 38.3 Å². The van der Waals surface area contributed by atoms with E-state index in [1.807, 2.05) is 0 Å². The Labute approximate surface area is 137 Å². The Kier molecular flexibility index (Phi) is 4.88. The SMILES string of the molecule is C/C(N)=C/C1=NC(c2ccc(C(F)(F)F)cc2O)N(C)CC=C1N. The van der Waals surface area contributed by atoms with Crippen LogP contribution in [0, 0.1) is 0 Å². The van der Waals surface area contributed by atoms with Crippen molar-refractivity contribution in [2.24, 2.45) is 16.5 Å². The van der Waals surface area contributed by atoms with Gasteiger partial charge in [-0.1, -0.05) is 6.07 Å². The van der Waals surface area contributed by atoms with E-state index in [2.05, 4.69) is 4.99 Å². The molecule has 1 aliphatic rings. The number of aliphatic imine (C=N–C) groups is 1. The van der Waals surface area contributed by atoms with Crippen LogP contribution in [0.3, 0.4) is 0 Å². The smallest absolute Gasteiger partial charge is 0.416 e. The van der Waals surface area contributed by atoms with Crippen molar-refractivity contribution in [1.29, 1.82) is 0 Å². The van der Waals surface area contributed by atoms with Crippen molar-refractivity contribution in [3.05, 3.63) is 52.9 Å². The molecule has 0 aliphatic carbocycles. The average Bonchev–Trinajstić information content (AvgIpc) is 2.59. The monoisotopic (exact) mass is 340 g/mol. The number of rotatable bonds is 2. The summed E-state index contributed by atoms with van der Waals surface area (Å²) in [6, 6.07) is 2.84. The summed E-state index contributed by atoms with van der Waals surface area (Å²) in [5.41, 5.74) is 12.3. The van der Waals surface area contributed by atoms with Crippen molar-refractivity contribution >= 4 is 5.71 Å². The minimum atomic E-state index is -4.52. The van der Waals surface area contributed by atoms with Gasteiger partial charge in [-0.25, -0.2) is 0 Å². The van der Waals surface area contributed by atoms with E-state index < -0.39 is 23.7 Å². The van der Waals surface area contributed by atoms with Gasteiger partial charge in [0, 0.05) is 17.8 Å². The van der Waals surface area contributed by atoms with E-state index in [9.17, 15) is 18.3 Å². The molecule has 0 saturated carbocycles. The second kappa shape index (κ2) is 6.56. The third kappa shape index (κ3) is 3.88. The Morgan fingerprint density at radius 3 is 2.62 bits per heavy atom. The van der Waals surface area contributed by atoms with Gasteiger partial charge in [0.1, 0.15) is 11.9 Å². The summed E-state index contributed by atoms with van der Waals surface area (Å²) in [5, 5.41) is 10.1. The molecule has 1 aromatic carbocycles. The molecule has 0 radical (unpaired) electrons. The predicted octanol–water partition coefficient (Wildman–Crippen LogP) is 2.50. The molecule has 5 nitrogen and oxygen atoms in total. The largest absolute Gasteiger partial charge is 0.508 e. The second-order valence-electron chi connectivity index (χ2n) is 5.65. The van der Waals surface area contributed by atoms with E-state index in [-0.39, 0.29) is 5.56 Å². The van der Waals surface area contributed by atoms with Crippen molar-refractivity contribution in [2.45, 2.75) is 19.3 Å². The molecule has 130 valence electrons. The lowest BCUT2D eigenvalue weighted by Crippen LogP contribution is -2.23. The number of allylic oxidation sites excluding steroid dienone is 2. The lowest BCUT2D eigenvalue weighted by Gasteiger charge is -2.24. The number of benzene rings is 1. The van der Waals surface area contributed by atoms with Gasteiger partial charge in [0.15, 0.2) is 0 Å². The number of aromatic hydroxyl groups is 1. The molecule has 0 amide bonds. The van der Waals surface area contributed by atoms with Gasteiger partial charge in [0.05, 0.1) is 17.0 Å². The highest BCUT2D eigenvalue weighted by Crippen LogP contribution is 2.36. The Morgan fingerprint density at radius 2 is 2.08 bits per heavy atom. The van der Waals surface area contributed by atoms with Crippen LogP contribution in [0.2, 0.25) is 0 Å². The third-order valence-corrected chi connectivity index (χ3v) is 3.57. The molecule has 1 atom stereocenters. The number of alkyl halides is 3. The van der Waals surface area contributed by atoms with E-state index in [1.54, 1.807) is 31.0 Å². The van der Waals surface area contributed by atoms with Gasteiger partial charge >= 0.3 is 6.18 Å². The molecule has 0 saturated heterocycles. The normalized spacial score (nSPS) is 20.4. The fourth-order valence-electron chi connectivity index (χ4n) is 2.33. The maximum Gasteiger partial charge on any atom is 0.416 e. The summed E-state index contributed by atoms with van der Waals surface area (Å²) in [7, 11) is 1.73. The molecule has 0 aromatic heterocycles. The number of hydrogen-bond acceptors (Lipinski definition) is 5. The molecule has 2 rings (SSSR count). The molecule has 1 heterocycles. The van der Waals surface area contributed by atoms with Gasteiger partial charge in [-0.2, -0.15) is 13.2 Å². The van der Waals surface area contributed by atoms with Crippen LogP contribution in [0.4, 0.5) is 13.2 Å². The van der Waals surface area contributed by atoms with Gasteiger partial charge in [0.25, 0.3) is 0 Å². The number of nitrogens with two attached hydrogens (primary N) is 2. The molecule has 5 N–H and O–H groups in total. The molecular weight excluding hydrogens is 321 g/mol. The summed E-state index contributed by atoms with van der Waals surface area (Å²) in [6.07, 6.45) is -1.89. The van der Waals surface area contributed by atoms with Crippen LogP contribution >= 0.6 is 0 Å². The van der Waals surface area contributed by atoms with Crippen LogP contribution in [-0.2, 0) is 6.18 Å². The van der Waals surface area contributed by atoms with Crippen molar-refractivity contribution in [2.75, 3.05) is 13.6 Å². The average molecular weight is 340 g/mol. The third-order valence-electron chi connectivity index (χ3n) is 3.57. The first-order chi connectivity index (χ1) is 11.1. The van der Waals surface area contributed by atoms with Crippen molar-refractivity contribution in [3.63, 3.8) is 0 Å².